The summed E-state index contributed by atoms with van der Waals surface area (Å²) in [4.78, 5) is 12.3. The monoisotopic (exact) mass is 345 g/mol. The van der Waals surface area contributed by atoms with E-state index in [1.54, 1.807) is 40.7 Å². The van der Waals surface area contributed by atoms with Crippen LogP contribution in [0.1, 0.15) is 21.8 Å². The predicted molar refractivity (Wildman–Crippen MR) is 90.2 cm³/mol. The van der Waals surface area contributed by atoms with Crippen molar-refractivity contribution in [3.05, 3.63) is 64.7 Å². The highest BCUT2D eigenvalue weighted by Gasteiger charge is 2.25. The highest BCUT2D eigenvalue weighted by Crippen LogP contribution is 2.36. The van der Waals surface area contributed by atoms with Crippen LogP contribution in [0.15, 0.2) is 47.1 Å². The molecule has 1 amide bonds. The summed E-state index contributed by atoms with van der Waals surface area (Å²) < 4.78 is 6.91. The fourth-order valence-corrected chi connectivity index (χ4v) is 3.65. The second-order valence-electron chi connectivity index (χ2n) is 5.09. The molecule has 23 heavy (non-hydrogen) atoms. The minimum Gasteiger partial charge on any atom is -0.459 e. The van der Waals surface area contributed by atoms with Gasteiger partial charge in [-0.1, -0.05) is 11.6 Å². The molecule has 0 unspecified atom stereocenters. The Kier molecular flexibility index (Phi) is 3.63. The minimum absolute atomic E-state index is 0.272. The Bertz CT molecular complexity index is 856. The van der Waals surface area contributed by atoms with E-state index in [4.69, 9.17) is 16.0 Å². The topological polar surface area (TPSA) is 60.1 Å². The van der Waals surface area contributed by atoms with Gasteiger partial charge in [-0.2, -0.15) is 16.9 Å². The van der Waals surface area contributed by atoms with Crippen molar-refractivity contribution in [1.82, 2.24) is 9.78 Å². The van der Waals surface area contributed by atoms with Crippen LogP contribution in [0.25, 0.3) is 5.69 Å². The van der Waals surface area contributed by atoms with Gasteiger partial charge in [0.1, 0.15) is 5.82 Å². The van der Waals surface area contributed by atoms with Gasteiger partial charge < -0.3 is 9.73 Å². The fraction of sp³-hybridized carbons (Fsp3) is 0.125. The zero-order valence-corrected chi connectivity index (χ0v) is 13.5. The van der Waals surface area contributed by atoms with E-state index in [0.29, 0.717) is 10.8 Å². The molecule has 1 aromatic carbocycles. The quantitative estimate of drug-likeness (QED) is 0.775. The van der Waals surface area contributed by atoms with Crippen LogP contribution in [0, 0.1) is 0 Å². The van der Waals surface area contributed by atoms with Crippen LogP contribution in [0.4, 0.5) is 5.82 Å². The van der Waals surface area contributed by atoms with E-state index < -0.39 is 0 Å². The summed E-state index contributed by atoms with van der Waals surface area (Å²) in [5.41, 5.74) is 2.91. The van der Waals surface area contributed by atoms with Crippen LogP contribution in [0.5, 0.6) is 0 Å². The maximum absolute atomic E-state index is 12.3. The number of thioether (sulfide) groups is 1. The lowest BCUT2D eigenvalue weighted by Gasteiger charge is -2.10. The van der Waals surface area contributed by atoms with Crippen molar-refractivity contribution < 1.29 is 9.21 Å². The van der Waals surface area contributed by atoms with Gasteiger partial charge in [-0.15, -0.1) is 0 Å². The van der Waals surface area contributed by atoms with Crippen LogP contribution in [-0.4, -0.2) is 15.7 Å². The van der Waals surface area contributed by atoms with Crippen molar-refractivity contribution in [2.24, 2.45) is 0 Å². The first-order chi connectivity index (χ1) is 11.2. The second-order valence-corrected chi connectivity index (χ2v) is 6.51. The Morgan fingerprint density at radius 3 is 2.83 bits per heavy atom. The van der Waals surface area contributed by atoms with E-state index in [-0.39, 0.29) is 11.7 Å². The molecule has 1 aliphatic heterocycles. The number of aromatic nitrogens is 2. The first-order valence-electron chi connectivity index (χ1n) is 7.01. The normalized spacial score (nSPS) is 13.1. The Labute approximate surface area is 141 Å². The molecule has 0 spiro atoms. The number of amides is 1. The average molecular weight is 346 g/mol. The largest absolute Gasteiger partial charge is 0.459 e. The van der Waals surface area contributed by atoms with Crippen molar-refractivity contribution in [1.29, 1.82) is 0 Å². The standard InChI is InChI=1S/C16H12ClN3O2S/c17-10-3-5-11(6-4-10)20-15(12-8-23-9-13(12)19-20)18-16(21)14-2-1-7-22-14/h1-7H,8-9H2,(H,18,21). The molecule has 0 saturated carbocycles. The highest BCUT2D eigenvalue weighted by atomic mass is 35.5. The summed E-state index contributed by atoms with van der Waals surface area (Å²) in [6.07, 6.45) is 1.48. The minimum atomic E-state index is -0.287. The van der Waals surface area contributed by atoms with Crippen LogP contribution < -0.4 is 5.32 Å². The van der Waals surface area contributed by atoms with E-state index in [9.17, 15) is 4.79 Å². The lowest BCUT2D eigenvalue weighted by atomic mass is 10.2. The molecular weight excluding hydrogens is 334 g/mol. The molecule has 0 aliphatic carbocycles. The van der Waals surface area contributed by atoms with Crippen molar-refractivity contribution in [3.8, 4) is 5.69 Å². The molecule has 4 rings (SSSR count). The number of anilines is 1. The SMILES string of the molecule is O=C(Nc1c2c(nn1-c1ccc(Cl)cc1)CSC2)c1ccco1. The summed E-state index contributed by atoms with van der Waals surface area (Å²) in [6.45, 7) is 0. The van der Waals surface area contributed by atoms with Gasteiger partial charge in [0, 0.05) is 22.1 Å². The molecule has 3 aromatic rings. The maximum Gasteiger partial charge on any atom is 0.292 e. The Morgan fingerprint density at radius 2 is 2.09 bits per heavy atom. The number of carbonyl (C=O) groups excluding carboxylic acids is 1. The number of hydrogen-bond acceptors (Lipinski definition) is 4. The van der Waals surface area contributed by atoms with Crippen LogP contribution in [0.3, 0.4) is 0 Å². The van der Waals surface area contributed by atoms with E-state index >= 15 is 0 Å². The maximum atomic E-state index is 12.3. The van der Waals surface area contributed by atoms with Gasteiger partial charge in [-0.05, 0) is 36.4 Å². The van der Waals surface area contributed by atoms with Gasteiger partial charge in [-0.3, -0.25) is 4.79 Å². The summed E-state index contributed by atoms with van der Waals surface area (Å²) >= 11 is 7.73. The highest BCUT2D eigenvalue weighted by molar-refractivity contribution is 7.98. The molecule has 116 valence electrons. The van der Waals surface area contributed by atoms with Crippen LogP contribution in [-0.2, 0) is 11.5 Å². The third kappa shape index (κ3) is 2.64. The van der Waals surface area contributed by atoms with Gasteiger partial charge in [-0.25, -0.2) is 4.68 Å². The predicted octanol–water partition coefficient (Wildman–Crippen LogP) is 4.12. The van der Waals surface area contributed by atoms with Crippen LogP contribution >= 0.6 is 23.4 Å². The molecule has 7 heteroatoms. The number of fused-ring (bicyclic) bond motifs is 1. The second kappa shape index (κ2) is 5.79. The van der Waals surface area contributed by atoms with Crippen LogP contribution in [0.2, 0.25) is 5.02 Å². The average Bonchev–Trinajstić information content (AvgIpc) is 3.26. The first kappa shape index (κ1) is 14.4. The summed E-state index contributed by atoms with van der Waals surface area (Å²) in [5, 5.41) is 8.22. The van der Waals surface area contributed by atoms with E-state index in [1.807, 2.05) is 12.1 Å². The third-order valence-electron chi connectivity index (χ3n) is 3.60. The molecule has 0 atom stereocenters. The van der Waals surface area contributed by atoms with Gasteiger partial charge in [0.15, 0.2) is 5.76 Å². The number of halogens is 1. The first-order valence-corrected chi connectivity index (χ1v) is 8.55. The van der Waals surface area contributed by atoms with Crippen molar-refractivity contribution >= 4 is 35.1 Å². The zero-order valence-electron chi connectivity index (χ0n) is 12.0. The number of benzene rings is 1. The number of nitrogens with zero attached hydrogens (tertiary/aromatic N) is 2. The third-order valence-corrected chi connectivity index (χ3v) is 4.82. The van der Waals surface area contributed by atoms with Gasteiger partial charge >= 0.3 is 0 Å². The molecule has 1 N–H and O–H groups in total. The molecule has 0 saturated heterocycles. The summed E-state index contributed by atoms with van der Waals surface area (Å²) in [7, 11) is 0. The Hall–Kier alpha value is -2.18. The van der Waals surface area contributed by atoms with Crippen molar-refractivity contribution in [3.63, 3.8) is 0 Å². The smallest absolute Gasteiger partial charge is 0.292 e. The Balaban J connectivity index is 1.75. The molecule has 0 fully saturated rings. The molecule has 3 heterocycles. The van der Waals surface area contributed by atoms with Crippen molar-refractivity contribution in [2.45, 2.75) is 11.5 Å². The van der Waals surface area contributed by atoms with E-state index in [1.165, 1.54) is 6.26 Å². The molecular formula is C16H12ClN3O2S. The number of furan rings is 1. The molecule has 1 aliphatic rings. The molecule has 5 nitrogen and oxygen atoms in total. The summed E-state index contributed by atoms with van der Waals surface area (Å²) in [6, 6.07) is 10.7. The molecule has 0 radical (unpaired) electrons. The lowest BCUT2D eigenvalue weighted by Crippen LogP contribution is -2.15. The zero-order chi connectivity index (χ0) is 15.8. The van der Waals surface area contributed by atoms with Gasteiger partial charge in [0.2, 0.25) is 0 Å². The number of hydrogen-bond donors (Lipinski definition) is 1. The Morgan fingerprint density at radius 1 is 1.26 bits per heavy atom. The van der Waals surface area contributed by atoms with Gasteiger partial charge in [0.05, 0.1) is 17.6 Å². The summed E-state index contributed by atoms with van der Waals surface area (Å²) in [5.74, 6) is 2.35. The fourth-order valence-electron chi connectivity index (χ4n) is 2.49. The lowest BCUT2D eigenvalue weighted by molar-refractivity contribution is 0.0996. The number of carbonyl (C=O) groups is 1. The number of nitrogens with one attached hydrogen (secondary N) is 1. The van der Waals surface area contributed by atoms with E-state index in [0.717, 1.165) is 28.5 Å². The van der Waals surface area contributed by atoms with Gasteiger partial charge in [0.25, 0.3) is 5.91 Å². The number of rotatable bonds is 3. The molecule has 0 bridgehead atoms. The molecule has 2 aromatic heterocycles. The van der Waals surface area contributed by atoms with Crippen molar-refractivity contribution in [2.75, 3.05) is 5.32 Å². The van der Waals surface area contributed by atoms with E-state index in [2.05, 4.69) is 10.4 Å².